The highest BCUT2D eigenvalue weighted by molar-refractivity contribution is 5.81. The quantitative estimate of drug-likeness (QED) is 0.532. The van der Waals surface area contributed by atoms with Gasteiger partial charge in [-0.3, -0.25) is 4.79 Å². The molecule has 0 radical (unpaired) electrons. The number of ketones is 1. The van der Waals surface area contributed by atoms with Gasteiger partial charge >= 0.3 is 0 Å². The number of nitrogens with zero attached hydrogens (tertiary/aromatic N) is 1. The van der Waals surface area contributed by atoms with Crippen LogP contribution in [0.1, 0.15) is 44.7 Å². The minimum absolute atomic E-state index is 0.0388. The first kappa shape index (κ1) is 14.9. The summed E-state index contributed by atoms with van der Waals surface area (Å²) in [5.41, 5.74) is 1.13. The molecule has 18 heavy (non-hydrogen) atoms. The van der Waals surface area contributed by atoms with Crippen LogP contribution in [0.2, 0.25) is 0 Å². The number of Topliss-reactive ketones (excluding diaryl/α,β-unsaturated/α-hetero) is 1. The summed E-state index contributed by atoms with van der Waals surface area (Å²) < 4.78 is 0.749. The Labute approximate surface area is 111 Å². The number of carbonyl (C=O) groups excluding carboxylic acids is 1. The molecule has 2 heteroatoms. The Kier molecular flexibility index (Phi) is 5.54. The summed E-state index contributed by atoms with van der Waals surface area (Å²) in [6, 6.07) is 10.1. The van der Waals surface area contributed by atoms with Crippen LogP contribution in [0.5, 0.6) is 0 Å². The van der Waals surface area contributed by atoms with Crippen molar-refractivity contribution in [2.24, 2.45) is 0 Å². The lowest BCUT2D eigenvalue weighted by Crippen LogP contribution is -2.46. The predicted molar refractivity (Wildman–Crippen MR) is 76.4 cm³/mol. The van der Waals surface area contributed by atoms with E-state index in [9.17, 15) is 4.79 Å². The molecule has 1 aromatic rings. The van der Waals surface area contributed by atoms with Crippen molar-refractivity contribution in [1.29, 1.82) is 0 Å². The number of likely N-dealkylation sites (N-methyl/N-ethyl adjacent to an activating group) is 1. The Balaban J connectivity index is 2.88. The van der Waals surface area contributed by atoms with Crippen molar-refractivity contribution in [3.8, 4) is 0 Å². The fourth-order valence-electron chi connectivity index (χ4n) is 2.66. The Morgan fingerprint density at radius 1 is 1.17 bits per heavy atom. The number of hydrogen-bond donors (Lipinski definition) is 0. The number of hydrogen-bond acceptors (Lipinski definition) is 1. The van der Waals surface area contributed by atoms with E-state index in [-0.39, 0.29) is 11.8 Å². The van der Waals surface area contributed by atoms with Crippen molar-refractivity contribution >= 4 is 5.78 Å². The van der Waals surface area contributed by atoms with Crippen molar-refractivity contribution in [3.63, 3.8) is 0 Å². The van der Waals surface area contributed by atoms with E-state index in [1.807, 2.05) is 18.2 Å². The smallest absolute Gasteiger partial charge is 0.191 e. The molecule has 1 atom stereocenters. The van der Waals surface area contributed by atoms with Crippen molar-refractivity contribution in [2.45, 2.75) is 39.2 Å². The largest absolute Gasteiger partial charge is 0.316 e. The van der Waals surface area contributed by atoms with Crippen LogP contribution >= 0.6 is 0 Å². The molecule has 0 heterocycles. The second-order valence-electron chi connectivity index (χ2n) is 5.63. The van der Waals surface area contributed by atoms with Crippen LogP contribution in [0.3, 0.4) is 0 Å². The third-order valence-corrected chi connectivity index (χ3v) is 3.54. The zero-order valence-corrected chi connectivity index (χ0v) is 12.1. The first-order valence-electron chi connectivity index (χ1n) is 6.87. The number of carbonyl (C=O) groups is 1. The minimum atomic E-state index is -0.0388. The molecule has 0 saturated heterocycles. The summed E-state index contributed by atoms with van der Waals surface area (Å²) >= 11 is 0. The van der Waals surface area contributed by atoms with Crippen LogP contribution < -0.4 is 0 Å². The highest BCUT2D eigenvalue weighted by Gasteiger charge is 2.33. The average molecular weight is 248 g/mol. The van der Waals surface area contributed by atoms with E-state index >= 15 is 0 Å². The maximum absolute atomic E-state index is 12.0. The van der Waals surface area contributed by atoms with Gasteiger partial charge in [-0.25, -0.2) is 0 Å². The van der Waals surface area contributed by atoms with E-state index in [2.05, 4.69) is 33.2 Å². The summed E-state index contributed by atoms with van der Waals surface area (Å²) in [5, 5.41) is 0. The van der Waals surface area contributed by atoms with Crippen LogP contribution in [0.25, 0.3) is 0 Å². The fourth-order valence-corrected chi connectivity index (χ4v) is 2.66. The number of benzene rings is 1. The number of rotatable bonds is 7. The lowest BCUT2D eigenvalue weighted by Gasteiger charge is -2.37. The van der Waals surface area contributed by atoms with E-state index in [1.54, 1.807) is 6.92 Å². The van der Waals surface area contributed by atoms with Crippen molar-refractivity contribution < 1.29 is 9.28 Å². The summed E-state index contributed by atoms with van der Waals surface area (Å²) in [6.45, 7) is 4.96. The van der Waals surface area contributed by atoms with E-state index in [1.165, 1.54) is 19.3 Å². The van der Waals surface area contributed by atoms with Gasteiger partial charge in [0.25, 0.3) is 0 Å². The Bertz CT molecular complexity index is 370. The zero-order chi connectivity index (χ0) is 13.6. The van der Waals surface area contributed by atoms with Crippen LogP contribution in [0.15, 0.2) is 30.3 Å². The van der Waals surface area contributed by atoms with Crippen LogP contribution in [-0.4, -0.2) is 30.9 Å². The lowest BCUT2D eigenvalue weighted by atomic mass is 9.99. The number of unbranched alkanes of at least 4 members (excludes halogenated alkanes) is 2. The molecule has 1 aromatic carbocycles. The Hall–Kier alpha value is -1.15. The SMILES string of the molecule is CCCCC[N+](C)(C)C(C(C)=O)c1ccccc1. The van der Waals surface area contributed by atoms with E-state index < -0.39 is 0 Å². The molecule has 0 spiro atoms. The van der Waals surface area contributed by atoms with Gasteiger partial charge in [0.2, 0.25) is 0 Å². The van der Waals surface area contributed by atoms with Crippen molar-refractivity contribution in [1.82, 2.24) is 0 Å². The molecule has 0 saturated carbocycles. The summed E-state index contributed by atoms with van der Waals surface area (Å²) in [5.74, 6) is 0.252. The monoisotopic (exact) mass is 248 g/mol. The van der Waals surface area contributed by atoms with E-state index in [4.69, 9.17) is 0 Å². The summed E-state index contributed by atoms with van der Waals surface area (Å²) in [4.78, 5) is 12.0. The minimum Gasteiger partial charge on any atom is -0.316 e. The standard InChI is InChI=1S/C16H26NO/c1-5-6-10-13-17(3,4)16(14(2)18)15-11-8-7-9-12-15/h7-9,11-12,16H,5-6,10,13H2,1-4H3/q+1. The fraction of sp³-hybridized carbons (Fsp3) is 0.562. The van der Waals surface area contributed by atoms with Crippen molar-refractivity contribution in [3.05, 3.63) is 35.9 Å². The highest BCUT2D eigenvalue weighted by Crippen LogP contribution is 2.26. The van der Waals surface area contributed by atoms with E-state index in [0.717, 1.165) is 16.6 Å². The molecule has 0 fully saturated rings. The van der Waals surface area contributed by atoms with Gasteiger partial charge in [-0.1, -0.05) is 43.7 Å². The molecule has 1 unspecified atom stereocenters. The van der Waals surface area contributed by atoms with Gasteiger partial charge in [0.15, 0.2) is 11.8 Å². The second kappa shape index (κ2) is 6.69. The maximum Gasteiger partial charge on any atom is 0.191 e. The molecular weight excluding hydrogens is 222 g/mol. The molecule has 0 aliphatic rings. The van der Waals surface area contributed by atoms with Gasteiger partial charge in [0, 0.05) is 12.5 Å². The van der Waals surface area contributed by atoms with Crippen LogP contribution in [0, 0.1) is 0 Å². The molecule has 0 aliphatic heterocycles. The highest BCUT2D eigenvalue weighted by atomic mass is 16.1. The molecule has 0 amide bonds. The van der Waals surface area contributed by atoms with Gasteiger partial charge < -0.3 is 4.48 Å². The molecule has 0 bridgehead atoms. The summed E-state index contributed by atoms with van der Waals surface area (Å²) in [6.07, 6.45) is 3.64. The van der Waals surface area contributed by atoms with Gasteiger partial charge in [0.1, 0.15) is 0 Å². The lowest BCUT2D eigenvalue weighted by molar-refractivity contribution is -0.911. The molecule has 0 N–H and O–H groups in total. The summed E-state index contributed by atoms with van der Waals surface area (Å²) in [7, 11) is 4.32. The van der Waals surface area contributed by atoms with Gasteiger partial charge in [-0.15, -0.1) is 0 Å². The normalized spacial score (nSPS) is 13.3. The molecule has 2 nitrogen and oxygen atoms in total. The number of quaternary nitrogens is 1. The first-order valence-corrected chi connectivity index (χ1v) is 6.87. The second-order valence-corrected chi connectivity index (χ2v) is 5.63. The predicted octanol–water partition coefficient (Wildman–Crippen LogP) is 3.58. The van der Waals surface area contributed by atoms with Gasteiger partial charge in [-0.2, -0.15) is 0 Å². The van der Waals surface area contributed by atoms with Gasteiger partial charge in [-0.05, 0) is 12.8 Å². The Morgan fingerprint density at radius 2 is 1.78 bits per heavy atom. The van der Waals surface area contributed by atoms with Crippen LogP contribution in [0.4, 0.5) is 0 Å². The molecule has 0 aliphatic carbocycles. The molecule has 0 aromatic heterocycles. The molecular formula is C16H26NO+. The van der Waals surface area contributed by atoms with Crippen LogP contribution in [-0.2, 0) is 4.79 Å². The third-order valence-electron chi connectivity index (χ3n) is 3.54. The molecule has 100 valence electrons. The first-order chi connectivity index (χ1) is 8.49. The zero-order valence-electron chi connectivity index (χ0n) is 12.1. The van der Waals surface area contributed by atoms with Gasteiger partial charge in [0.05, 0.1) is 20.6 Å². The van der Waals surface area contributed by atoms with E-state index in [0.29, 0.717) is 0 Å². The van der Waals surface area contributed by atoms with Crippen molar-refractivity contribution in [2.75, 3.05) is 20.6 Å². The topological polar surface area (TPSA) is 17.1 Å². The third kappa shape index (κ3) is 3.95. The average Bonchev–Trinajstić information content (AvgIpc) is 2.29. The Morgan fingerprint density at radius 3 is 2.28 bits per heavy atom. The molecule has 1 rings (SSSR count). The maximum atomic E-state index is 12.0.